The lowest BCUT2D eigenvalue weighted by molar-refractivity contribution is 0.183. The van der Waals surface area contributed by atoms with Crippen LogP contribution in [0.1, 0.15) is 32.0 Å². The second-order valence-corrected chi connectivity index (χ2v) is 5.72. The fourth-order valence-corrected chi connectivity index (χ4v) is 1.87. The molecule has 1 atom stereocenters. The van der Waals surface area contributed by atoms with Crippen molar-refractivity contribution in [3.63, 3.8) is 0 Å². The van der Waals surface area contributed by atoms with Gasteiger partial charge in [-0.25, -0.2) is 9.97 Å². The Morgan fingerprint density at radius 2 is 2.05 bits per heavy atom. The van der Waals surface area contributed by atoms with E-state index in [9.17, 15) is 0 Å². The van der Waals surface area contributed by atoms with Gasteiger partial charge in [0.15, 0.2) is 0 Å². The Balaban J connectivity index is 2.67. The number of hydrogen-bond acceptors (Lipinski definition) is 5. The van der Waals surface area contributed by atoms with Crippen LogP contribution in [-0.4, -0.2) is 43.3 Å². The molecule has 1 unspecified atom stereocenters. The van der Waals surface area contributed by atoms with E-state index < -0.39 is 0 Å². The lowest BCUT2D eigenvalue weighted by Crippen LogP contribution is -2.34. The van der Waals surface area contributed by atoms with E-state index in [2.05, 4.69) is 36.1 Å². The third kappa shape index (κ3) is 5.06. The summed E-state index contributed by atoms with van der Waals surface area (Å²) in [5, 5.41) is 3.42. The van der Waals surface area contributed by atoms with Crippen molar-refractivity contribution in [1.29, 1.82) is 0 Å². The maximum Gasteiger partial charge on any atom is 0.225 e. The van der Waals surface area contributed by atoms with Gasteiger partial charge in [0.25, 0.3) is 0 Å². The Morgan fingerprint density at radius 3 is 2.60 bits per heavy atom. The molecule has 0 aliphatic heterocycles. The highest BCUT2D eigenvalue weighted by Gasteiger charge is 2.13. The average molecular weight is 280 g/mol. The third-order valence-corrected chi connectivity index (χ3v) is 3.32. The summed E-state index contributed by atoms with van der Waals surface area (Å²) in [7, 11) is 3.70. The molecule has 0 bridgehead atoms. The van der Waals surface area contributed by atoms with Crippen LogP contribution in [0, 0.1) is 12.8 Å². The first-order chi connectivity index (χ1) is 9.45. The Hall–Kier alpha value is -1.20. The minimum Gasteiger partial charge on any atom is -0.383 e. The van der Waals surface area contributed by atoms with Crippen LogP contribution < -0.4 is 10.2 Å². The van der Waals surface area contributed by atoms with E-state index >= 15 is 0 Å². The van der Waals surface area contributed by atoms with Crippen LogP contribution in [0.2, 0.25) is 0 Å². The predicted octanol–water partition coefficient (Wildman–Crippen LogP) is 2.00. The smallest absolute Gasteiger partial charge is 0.225 e. The van der Waals surface area contributed by atoms with E-state index in [1.54, 1.807) is 7.11 Å². The zero-order valence-corrected chi connectivity index (χ0v) is 13.6. The van der Waals surface area contributed by atoms with Crippen molar-refractivity contribution in [1.82, 2.24) is 15.3 Å². The summed E-state index contributed by atoms with van der Waals surface area (Å²) in [6.07, 6.45) is 1.92. The van der Waals surface area contributed by atoms with Gasteiger partial charge in [-0.2, -0.15) is 0 Å². The molecule has 0 fully saturated rings. The summed E-state index contributed by atoms with van der Waals surface area (Å²) in [6, 6.07) is 0.254. The fraction of sp³-hybridized carbons (Fsp3) is 0.733. The monoisotopic (exact) mass is 280 g/mol. The maximum absolute atomic E-state index is 5.17. The van der Waals surface area contributed by atoms with Gasteiger partial charge in [0.1, 0.15) is 0 Å². The van der Waals surface area contributed by atoms with Gasteiger partial charge in [-0.05, 0) is 26.3 Å². The van der Waals surface area contributed by atoms with Crippen LogP contribution in [0.25, 0.3) is 0 Å². The number of methoxy groups -OCH3 is 1. The Kier molecular flexibility index (Phi) is 6.88. The molecular weight excluding hydrogens is 252 g/mol. The zero-order chi connectivity index (χ0) is 15.1. The van der Waals surface area contributed by atoms with Gasteiger partial charge < -0.3 is 15.0 Å². The molecule has 5 nitrogen and oxygen atoms in total. The number of anilines is 1. The van der Waals surface area contributed by atoms with E-state index in [0.29, 0.717) is 12.5 Å². The van der Waals surface area contributed by atoms with Gasteiger partial charge in [-0.3, -0.25) is 0 Å². The first-order valence-corrected chi connectivity index (χ1v) is 7.20. The van der Waals surface area contributed by atoms with Crippen LogP contribution in [0.3, 0.4) is 0 Å². The van der Waals surface area contributed by atoms with Gasteiger partial charge >= 0.3 is 0 Å². The molecule has 0 radical (unpaired) electrons. The quantitative estimate of drug-likeness (QED) is 0.789. The number of rotatable bonds is 8. The minimum absolute atomic E-state index is 0.254. The largest absolute Gasteiger partial charge is 0.383 e. The normalized spacial score (nSPS) is 12.8. The maximum atomic E-state index is 5.17. The lowest BCUT2D eigenvalue weighted by Gasteiger charge is -2.24. The van der Waals surface area contributed by atoms with Crippen molar-refractivity contribution in [2.45, 2.75) is 40.3 Å². The summed E-state index contributed by atoms with van der Waals surface area (Å²) in [4.78, 5) is 11.1. The molecule has 0 aliphatic carbocycles. The fourth-order valence-electron chi connectivity index (χ4n) is 1.87. The summed E-state index contributed by atoms with van der Waals surface area (Å²) >= 11 is 0. The summed E-state index contributed by atoms with van der Waals surface area (Å²) < 4.78 is 5.17. The van der Waals surface area contributed by atoms with Crippen molar-refractivity contribution in [3.8, 4) is 0 Å². The van der Waals surface area contributed by atoms with Gasteiger partial charge in [-0.15, -0.1) is 0 Å². The van der Waals surface area contributed by atoms with Crippen LogP contribution in [0.5, 0.6) is 0 Å². The number of aryl methyl sites for hydroxylation is 1. The summed E-state index contributed by atoms with van der Waals surface area (Å²) in [5.41, 5.74) is 2.19. The Labute approximate surface area is 122 Å². The number of hydrogen-bond donors (Lipinski definition) is 1. The molecule has 5 heteroatoms. The molecule has 0 saturated carbocycles. The predicted molar refractivity (Wildman–Crippen MR) is 83.1 cm³/mol. The lowest BCUT2D eigenvalue weighted by atomic mass is 10.2. The summed E-state index contributed by atoms with van der Waals surface area (Å²) in [6.45, 7) is 11.0. The van der Waals surface area contributed by atoms with Crippen molar-refractivity contribution in [2.24, 2.45) is 5.92 Å². The summed E-state index contributed by atoms with van der Waals surface area (Å²) in [5.74, 6) is 1.40. The third-order valence-electron chi connectivity index (χ3n) is 3.32. The highest BCUT2D eigenvalue weighted by molar-refractivity contribution is 5.33. The molecule has 1 heterocycles. The van der Waals surface area contributed by atoms with Crippen LogP contribution in [0.4, 0.5) is 5.95 Å². The van der Waals surface area contributed by atoms with Crippen LogP contribution >= 0.6 is 0 Å². The molecule has 0 saturated heterocycles. The van der Waals surface area contributed by atoms with E-state index in [-0.39, 0.29) is 6.04 Å². The van der Waals surface area contributed by atoms with Crippen molar-refractivity contribution >= 4 is 5.95 Å². The Morgan fingerprint density at radius 1 is 1.35 bits per heavy atom. The number of nitrogens with zero attached hydrogens (tertiary/aromatic N) is 3. The number of nitrogens with one attached hydrogen (secondary N) is 1. The molecule has 1 aromatic heterocycles. The highest BCUT2D eigenvalue weighted by Crippen LogP contribution is 2.12. The number of likely N-dealkylation sites (N-methyl/N-ethyl adjacent to an activating group) is 1. The topological polar surface area (TPSA) is 50.3 Å². The molecule has 0 aromatic carbocycles. The molecule has 1 N–H and O–H groups in total. The Bertz CT molecular complexity index is 409. The minimum atomic E-state index is 0.254. The van der Waals surface area contributed by atoms with Gasteiger partial charge in [0.05, 0.1) is 12.6 Å². The first-order valence-electron chi connectivity index (χ1n) is 7.20. The van der Waals surface area contributed by atoms with Crippen LogP contribution in [0.15, 0.2) is 6.20 Å². The standard InChI is InChI=1S/C15H28N4O/c1-11(2)7-16-8-14-9-17-15(18-13(14)4)19(5)12(3)10-20-6/h9,11-12,16H,7-8,10H2,1-6H3. The molecule has 0 aliphatic rings. The highest BCUT2D eigenvalue weighted by atomic mass is 16.5. The molecule has 0 amide bonds. The molecular formula is C15H28N4O. The van der Waals surface area contributed by atoms with Gasteiger partial charge in [0.2, 0.25) is 5.95 Å². The van der Waals surface area contributed by atoms with Crippen molar-refractivity contribution < 1.29 is 4.74 Å². The molecule has 0 spiro atoms. The van der Waals surface area contributed by atoms with Crippen molar-refractivity contribution in [3.05, 3.63) is 17.5 Å². The zero-order valence-electron chi connectivity index (χ0n) is 13.6. The first kappa shape index (κ1) is 16.9. The van der Waals surface area contributed by atoms with Gasteiger partial charge in [-0.1, -0.05) is 13.8 Å². The van der Waals surface area contributed by atoms with E-state index in [0.717, 1.165) is 30.3 Å². The second kappa shape index (κ2) is 8.17. The van der Waals surface area contributed by atoms with E-state index in [1.807, 2.05) is 25.1 Å². The number of aromatic nitrogens is 2. The SMILES string of the molecule is COCC(C)N(C)c1ncc(CNCC(C)C)c(C)n1. The van der Waals surface area contributed by atoms with E-state index in [1.165, 1.54) is 0 Å². The second-order valence-electron chi connectivity index (χ2n) is 5.72. The molecule has 20 heavy (non-hydrogen) atoms. The molecule has 114 valence electrons. The molecule has 1 aromatic rings. The average Bonchev–Trinajstić information content (AvgIpc) is 2.39. The van der Waals surface area contributed by atoms with Crippen LogP contribution in [-0.2, 0) is 11.3 Å². The number of ether oxygens (including phenoxy) is 1. The molecule has 1 rings (SSSR count). The van der Waals surface area contributed by atoms with E-state index in [4.69, 9.17) is 4.74 Å². The van der Waals surface area contributed by atoms with Gasteiger partial charge in [0, 0.05) is 38.2 Å². The van der Waals surface area contributed by atoms with Crippen molar-refractivity contribution in [2.75, 3.05) is 32.2 Å².